The molecule has 0 unspecified atom stereocenters. The second-order valence-electron chi connectivity index (χ2n) is 5.12. The molecular formula is C13H17N5O3. The van der Waals surface area contributed by atoms with E-state index in [1.807, 2.05) is 0 Å². The van der Waals surface area contributed by atoms with Gasteiger partial charge in [0.2, 0.25) is 17.5 Å². The van der Waals surface area contributed by atoms with Crippen LogP contribution in [-0.2, 0) is 6.54 Å². The molecule has 21 heavy (non-hydrogen) atoms. The quantitative estimate of drug-likeness (QED) is 0.819. The van der Waals surface area contributed by atoms with E-state index in [4.69, 9.17) is 8.94 Å². The van der Waals surface area contributed by atoms with Crippen molar-refractivity contribution in [2.75, 3.05) is 26.2 Å². The van der Waals surface area contributed by atoms with E-state index in [9.17, 15) is 4.79 Å². The van der Waals surface area contributed by atoms with Crippen molar-refractivity contribution < 1.29 is 13.7 Å². The van der Waals surface area contributed by atoms with E-state index in [-0.39, 0.29) is 5.91 Å². The summed E-state index contributed by atoms with van der Waals surface area (Å²) in [5.41, 5.74) is 0.712. The SMILES string of the molecule is Cc1cc(C(=O)N2CCN(Cc3nnc(C)o3)CC2)on1. The van der Waals surface area contributed by atoms with Crippen LogP contribution in [0.25, 0.3) is 0 Å². The average molecular weight is 291 g/mol. The molecule has 0 aromatic carbocycles. The lowest BCUT2D eigenvalue weighted by Crippen LogP contribution is -2.48. The zero-order chi connectivity index (χ0) is 14.8. The van der Waals surface area contributed by atoms with E-state index in [1.54, 1.807) is 24.8 Å². The van der Waals surface area contributed by atoms with Gasteiger partial charge in [0.1, 0.15) is 0 Å². The molecule has 1 aliphatic heterocycles. The highest BCUT2D eigenvalue weighted by molar-refractivity contribution is 5.91. The van der Waals surface area contributed by atoms with Crippen LogP contribution in [0.5, 0.6) is 0 Å². The highest BCUT2D eigenvalue weighted by Crippen LogP contribution is 2.12. The molecule has 3 heterocycles. The lowest BCUT2D eigenvalue weighted by atomic mass is 10.2. The standard InChI is InChI=1S/C13H17N5O3/c1-9-7-11(21-16-9)13(19)18-5-3-17(4-6-18)8-12-15-14-10(2)20-12/h7H,3-6,8H2,1-2H3. The highest BCUT2D eigenvalue weighted by Gasteiger charge is 2.25. The first-order valence-corrected chi connectivity index (χ1v) is 6.86. The van der Waals surface area contributed by atoms with Crippen LogP contribution in [0.4, 0.5) is 0 Å². The fourth-order valence-corrected chi connectivity index (χ4v) is 2.32. The van der Waals surface area contributed by atoms with Crippen molar-refractivity contribution in [1.29, 1.82) is 0 Å². The van der Waals surface area contributed by atoms with Crippen molar-refractivity contribution >= 4 is 5.91 Å². The third-order valence-electron chi connectivity index (χ3n) is 3.42. The summed E-state index contributed by atoms with van der Waals surface area (Å²) in [6.45, 7) is 7.00. The fraction of sp³-hybridized carbons (Fsp3) is 0.538. The highest BCUT2D eigenvalue weighted by atomic mass is 16.5. The molecule has 0 N–H and O–H groups in total. The van der Waals surface area contributed by atoms with Gasteiger partial charge in [0.15, 0.2) is 0 Å². The number of piperazine rings is 1. The minimum absolute atomic E-state index is 0.108. The first-order chi connectivity index (χ1) is 10.1. The summed E-state index contributed by atoms with van der Waals surface area (Å²) < 4.78 is 10.4. The number of aryl methyl sites for hydroxylation is 2. The molecule has 1 amide bonds. The van der Waals surface area contributed by atoms with Crippen molar-refractivity contribution in [3.63, 3.8) is 0 Å². The molecule has 0 atom stereocenters. The smallest absolute Gasteiger partial charge is 0.292 e. The number of carbonyl (C=O) groups excluding carboxylic acids is 1. The second kappa shape index (κ2) is 5.65. The Morgan fingerprint density at radius 2 is 2.00 bits per heavy atom. The Balaban J connectivity index is 1.54. The molecule has 112 valence electrons. The van der Waals surface area contributed by atoms with Gasteiger partial charge in [-0.15, -0.1) is 10.2 Å². The Bertz CT molecular complexity index is 627. The second-order valence-corrected chi connectivity index (χ2v) is 5.12. The third kappa shape index (κ3) is 3.10. The van der Waals surface area contributed by atoms with Crippen molar-refractivity contribution in [1.82, 2.24) is 25.2 Å². The van der Waals surface area contributed by atoms with Gasteiger partial charge in [0.25, 0.3) is 5.91 Å². The molecule has 8 heteroatoms. The van der Waals surface area contributed by atoms with Crippen LogP contribution in [0, 0.1) is 13.8 Å². The predicted molar refractivity (Wildman–Crippen MR) is 71.5 cm³/mol. The Morgan fingerprint density at radius 1 is 1.24 bits per heavy atom. The summed E-state index contributed by atoms with van der Waals surface area (Å²) in [6.07, 6.45) is 0. The lowest BCUT2D eigenvalue weighted by molar-refractivity contribution is 0.0578. The average Bonchev–Trinajstić information content (AvgIpc) is 3.08. The molecule has 2 aromatic heterocycles. The normalized spacial score (nSPS) is 16.4. The summed E-state index contributed by atoms with van der Waals surface area (Å²) in [6, 6.07) is 1.66. The summed E-state index contributed by atoms with van der Waals surface area (Å²) in [4.78, 5) is 16.2. The number of rotatable bonds is 3. The molecule has 1 aliphatic rings. The van der Waals surface area contributed by atoms with Gasteiger partial charge in [-0.25, -0.2) is 0 Å². The molecule has 1 saturated heterocycles. The Labute approximate surface area is 121 Å². The molecule has 1 fully saturated rings. The van der Waals surface area contributed by atoms with E-state index in [1.165, 1.54) is 0 Å². The van der Waals surface area contributed by atoms with Crippen molar-refractivity contribution in [3.8, 4) is 0 Å². The minimum Gasteiger partial charge on any atom is -0.424 e. The minimum atomic E-state index is -0.108. The maximum atomic E-state index is 12.2. The van der Waals surface area contributed by atoms with Crippen molar-refractivity contribution in [2.45, 2.75) is 20.4 Å². The van der Waals surface area contributed by atoms with Crippen LogP contribution < -0.4 is 0 Å². The number of hydrogen-bond acceptors (Lipinski definition) is 7. The Kier molecular flexibility index (Phi) is 3.70. The summed E-state index contributed by atoms with van der Waals surface area (Å²) in [7, 11) is 0. The van der Waals surface area contributed by atoms with Crippen molar-refractivity contribution in [2.24, 2.45) is 0 Å². The third-order valence-corrected chi connectivity index (χ3v) is 3.42. The van der Waals surface area contributed by atoms with E-state index in [0.29, 0.717) is 42.9 Å². The first-order valence-electron chi connectivity index (χ1n) is 6.86. The van der Waals surface area contributed by atoms with Gasteiger partial charge in [-0.05, 0) is 6.92 Å². The Hall–Kier alpha value is -2.22. The molecule has 2 aromatic rings. The molecular weight excluding hydrogens is 274 g/mol. The van der Waals surface area contributed by atoms with Crippen LogP contribution >= 0.6 is 0 Å². The number of hydrogen-bond donors (Lipinski definition) is 0. The summed E-state index contributed by atoms with van der Waals surface area (Å²) >= 11 is 0. The van der Waals surface area contributed by atoms with Gasteiger partial charge in [-0.2, -0.15) is 0 Å². The molecule has 8 nitrogen and oxygen atoms in total. The molecule has 0 saturated carbocycles. The van der Waals surface area contributed by atoms with Gasteiger partial charge in [0.05, 0.1) is 12.2 Å². The largest absolute Gasteiger partial charge is 0.424 e. The first kappa shape index (κ1) is 13.7. The van der Waals surface area contributed by atoms with Gasteiger partial charge < -0.3 is 13.8 Å². The van der Waals surface area contributed by atoms with Crippen LogP contribution in [0.3, 0.4) is 0 Å². The monoisotopic (exact) mass is 291 g/mol. The fourth-order valence-electron chi connectivity index (χ4n) is 2.32. The topological polar surface area (TPSA) is 88.5 Å². The van der Waals surface area contributed by atoms with E-state index in [0.717, 1.165) is 13.1 Å². The molecule has 0 aliphatic carbocycles. The summed E-state index contributed by atoms with van der Waals surface area (Å²) in [5.74, 6) is 1.37. The van der Waals surface area contributed by atoms with E-state index >= 15 is 0 Å². The Morgan fingerprint density at radius 3 is 2.57 bits per heavy atom. The van der Waals surface area contributed by atoms with E-state index in [2.05, 4.69) is 20.3 Å². The molecule has 0 bridgehead atoms. The van der Waals surface area contributed by atoms with Crippen LogP contribution in [-0.4, -0.2) is 57.2 Å². The maximum Gasteiger partial charge on any atom is 0.292 e. The maximum absolute atomic E-state index is 12.2. The van der Waals surface area contributed by atoms with Gasteiger partial charge in [0, 0.05) is 39.2 Å². The van der Waals surface area contributed by atoms with Crippen LogP contribution in [0.15, 0.2) is 15.0 Å². The van der Waals surface area contributed by atoms with Crippen molar-refractivity contribution in [3.05, 3.63) is 29.3 Å². The molecule has 0 radical (unpaired) electrons. The van der Waals surface area contributed by atoms with Gasteiger partial charge >= 0.3 is 0 Å². The van der Waals surface area contributed by atoms with E-state index < -0.39 is 0 Å². The molecule has 0 spiro atoms. The van der Waals surface area contributed by atoms with Gasteiger partial charge in [-0.3, -0.25) is 9.69 Å². The van der Waals surface area contributed by atoms with Gasteiger partial charge in [-0.1, -0.05) is 5.16 Å². The number of carbonyl (C=O) groups is 1. The molecule has 3 rings (SSSR count). The zero-order valence-corrected chi connectivity index (χ0v) is 12.1. The van der Waals surface area contributed by atoms with Crippen LogP contribution in [0.1, 0.15) is 28.0 Å². The summed E-state index contributed by atoms with van der Waals surface area (Å²) in [5, 5.41) is 11.5. The number of amides is 1. The lowest BCUT2D eigenvalue weighted by Gasteiger charge is -2.33. The predicted octanol–water partition coefficient (Wildman–Crippen LogP) is 0.632. The number of aromatic nitrogens is 3. The van der Waals surface area contributed by atoms with Crippen LogP contribution in [0.2, 0.25) is 0 Å². The zero-order valence-electron chi connectivity index (χ0n) is 12.1. The number of nitrogens with zero attached hydrogens (tertiary/aromatic N) is 5.